The van der Waals surface area contributed by atoms with Gasteiger partial charge in [0.05, 0.1) is 12.2 Å². The summed E-state index contributed by atoms with van der Waals surface area (Å²) in [6.07, 6.45) is 2.74. The summed E-state index contributed by atoms with van der Waals surface area (Å²) in [5.74, 6) is 1.17. The van der Waals surface area contributed by atoms with Crippen LogP contribution in [0.1, 0.15) is 36.2 Å². The lowest BCUT2D eigenvalue weighted by molar-refractivity contribution is 0.102. The maximum absolute atomic E-state index is 12.6. The molecular formula is C23H23ClN2O2S. The topological polar surface area (TPSA) is 50.7 Å². The van der Waals surface area contributed by atoms with Gasteiger partial charge in [-0.05, 0) is 60.2 Å². The first-order valence-electron chi connectivity index (χ1n) is 9.43. The summed E-state index contributed by atoms with van der Waals surface area (Å²) in [5.41, 5.74) is 2.09. The molecule has 1 amide bonds. The number of rotatable bonds is 8. The van der Waals surface area contributed by atoms with Crippen LogP contribution in [0.5, 0.6) is 5.75 Å². The second-order valence-corrected chi connectivity index (χ2v) is 8.26. The lowest BCUT2D eigenvalue weighted by atomic mass is 10.1. The van der Waals surface area contributed by atoms with E-state index >= 15 is 0 Å². The zero-order chi connectivity index (χ0) is 20.6. The van der Waals surface area contributed by atoms with Crippen molar-refractivity contribution in [1.29, 1.82) is 0 Å². The van der Waals surface area contributed by atoms with Crippen LogP contribution in [0.4, 0.5) is 10.7 Å². The molecule has 1 heterocycles. The Morgan fingerprint density at radius 2 is 1.93 bits per heavy atom. The number of anilines is 1. The Balaban J connectivity index is 1.72. The Morgan fingerprint density at radius 3 is 2.69 bits per heavy atom. The van der Waals surface area contributed by atoms with Gasteiger partial charge < -0.3 is 10.1 Å². The predicted molar refractivity (Wildman–Crippen MR) is 122 cm³/mol. The van der Waals surface area contributed by atoms with Gasteiger partial charge in [0, 0.05) is 22.5 Å². The van der Waals surface area contributed by atoms with Crippen LogP contribution in [0.25, 0.3) is 0 Å². The smallest absolute Gasteiger partial charge is 0.258 e. The van der Waals surface area contributed by atoms with Crippen LogP contribution in [0.3, 0.4) is 0 Å². The van der Waals surface area contributed by atoms with Crippen LogP contribution in [0, 0.1) is 5.92 Å². The molecule has 2 aromatic carbocycles. The molecule has 3 rings (SSSR count). The average molecular weight is 427 g/mol. The predicted octanol–water partition coefficient (Wildman–Crippen LogP) is 6.83. The van der Waals surface area contributed by atoms with E-state index in [9.17, 15) is 4.79 Å². The zero-order valence-electron chi connectivity index (χ0n) is 16.4. The van der Waals surface area contributed by atoms with Gasteiger partial charge in [0.15, 0.2) is 0 Å². The summed E-state index contributed by atoms with van der Waals surface area (Å²) < 4.78 is 5.91. The summed E-state index contributed by atoms with van der Waals surface area (Å²) in [7, 11) is 0. The third-order valence-electron chi connectivity index (χ3n) is 4.18. The largest absolute Gasteiger partial charge is 0.493 e. The summed E-state index contributed by atoms with van der Waals surface area (Å²) in [4.78, 5) is 17.2. The third-order valence-corrected chi connectivity index (χ3v) is 5.26. The Kier molecular flexibility index (Phi) is 7.44. The normalized spacial score (nSPS) is 11.2. The minimum absolute atomic E-state index is 0.206. The highest BCUT2D eigenvalue weighted by Gasteiger charge is 2.13. The van der Waals surface area contributed by atoms with Crippen molar-refractivity contribution in [3.8, 4) is 5.75 Å². The van der Waals surface area contributed by atoms with E-state index in [0.29, 0.717) is 33.8 Å². The van der Waals surface area contributed by atoms with E-state index in [1.165, 1.54) is 11.3 Å². The molecule has 29 heavy (non-hydrogen) atoms. The number of hydrogen-bond acceptors (Lipinski definition) is 4. The molecule has 0 aliphatic rings. The Labute approximate surface area is 180 Å². The number of thiophene rings is 1. The van der Waals surface area contributed by atoms with Crippen molar-refractivity contribution in [3.05, 3.63) is 76.1 Å². The summed E-state index contributed by atoms with van der Waals surface area (Å²) in [6.45, 7) is 5.00. The van der Waals surface area contributed by atoms with E-state index in [4.69, 9.17) is 16.3 Å². The first-order valence-corrected chi connectivity index (χ1v) is 10.7. The molecule has 3 aromatic rings. The van der Waals surface area contributed by atoms with Crippen LogP contribution in [-0.4, -0.2) is 18.7 Å². The second kappa shape index (κ2) is 10.2. The molecule has 0 fully saturated rings. The Bertz CT molecular complexity index is 981. The number of nitrogens with one attached hydrogen (secondary N) is 1. The molecule has 1 N–H and O–H groups in total. The lowest BCUT2D eigenvalue weighted by Gasteiger charge is -2.10. The van der Waals surface area contributed by atoms with Crippen molar-refractivity contribution in [2.75, 3.05) is 11.9 Å². The van der Waals surface area contributed by atoms with Crippen LogP contribution in [-0.2, 0) is 0 Å². The van der Waals surface area contributed by atoms with Gasteiger partial charge in [0.2, 0.25) is 0 Å². The summed E-state index contributed by atoms with van der Waals surface area (Å²) in [5, 5.41) is 6.00. The van der Waals surface area contributed by atoms with Gasteiger partial charge in [0.1, 0.15) is 10.8 Å². The minimum Gasteiger partial charge on any atom is -0.493 e. The standard InChI is InChI=1S/C23H23ClN2O2S/c1-16(2)11-13-28-21-6-4-3-5-17(21)15-25-23-20(12-14-29-23)22(27)26-19-9-7-18(24)8-10-19/h3-10,12,14-16H,11,13H2,1-2H3,(H,26,27). The molecule has 0 atom stereocenters. The zero-order valence-corrected chi connectivity index (χ0v) is 18.0. The molecule has 150 valence electrons. The maximum Gasteiger partial charge on any atom is 0.258 e. The van der Waals surface area contributed by atoms with Gasteiger partial charge in [-0.2, -0.15) is 0 Å². The number of benzene rings is 2. The van der Waals surface area contributed by atoms with E-state index in [-0.39, 0.29) is 5.91 Å². The molecule has 0 aliphatic carbocycles. The van der Waals surface area contributed by atoms with E-state index in [2.05, 4.69) is 24.2 Å². The molecule has 0 radical (unpaired) electrons. The van der Waals surface area contributed by atoms with Crippen molar-refractivity contribution in [3.63, 3.8) is 0 Å². The number of aliphatic imine (C=N–C) groups is 1. The quantitative estimate of drug-likeness (QED) is 0.401. The van der Waals surface area contributed by atoms with E-state index in [1.807, 2.05) is 29.6 Å². The van der Waals surface area contributed by atoms with E-state index in [1.54, 1.807) is 36.5 Å². The van der Waals surface area contributed by atoms with Crippen molar-refractivity contribution in [2.45, 2.75) is 20.3 Å². The number of nitrogens with zero attached hydrogens (tertiary/aromatic N) is 1. The van der Waals surface area contributed by atoms with Gasteiger partial charge in [-0.25, -0.2) is 4.99 Å². The van der Waals surface area contributed by atoms with Crippen molar-refractivity contribution in [1.82, 2.24) is 0 Å². The van der Waals surface area contributed by atoms with Gasteiger partial charge in [-0.15, -0.1) is 11.3 Å². The fourth-order valence-corrected chi connectivity index (χ4v) is 3.42. The van der Waals surface area contributed by atoms with Crippen LogP contribution < -0.4 is 10.1 Å². The van der Waals surface area contributed by atoms with Crippen molar-refractivity contribution in [2.24, 2.45) is 10.9 Å². The molecule has 0 saturated heterocycles. The van der Waals surface area contributed by atoms with Gasteiger partial charge in [0.25, 0.3) is 5.91 Å². The number of ether oxygens (including phenoxy) is 1. The molecule has 1 aromatic heterocycles. The highest BCUT2D eigenvalue weighted by Crippen LogP contribution is 2.28. The lowest BCUT2D eigenvalue weighted by Crippen LogP contribution is -2.10. The monoisotopic (exact) mass is 426 g/mol. The fraction of sp³-hybridized carbons (Fsp3) is 0.217. The molecule has 0 aliphatic heterocycles. The number of carbonyl (C=O) groups is 1. The fourth-order valence-electron chi connectivity index (χ4n) is 2.56. The van der Waals surface area contributed by atoms with Gasteiger partial charge in [-0.1, -0.05) is 37.6 Å². The van der Waals surface area contributed by atoms with Gasteiger partial charge in [-0.3, -0.25) is 4.79 Å². The summed E-state index contributed by atoms with van der Waals surface area (Å²) >= 11 is 7.31. The Morgan fingerprint density at radius 1 is 1.17 bits per heavy atom. The van der Waals surface area contributed by atoms with Crippen molar-refractivity contribution < 1.29 is 9.53 Å². The molecule has 6 heteroatoms. The van der Waals surface area contributed by atoms with Crippen LogP contribution >= 0.6 is 22.9 Å². The van der Waals surface area contributed by atoms with E-state index in [0.717, 1.165) is 17.7 Å². The Hall–Kier alpha value is -2.63. The number of halogens is 1. The highest BCUT2D eigenvalue weighted by molar-refractivity contribution is 7.14. The molecule has 0 saturated carbocycles. The second-order valence-electron chi connectivity index (χ2n) is 6.93. The first-order chi connectivity index (χ1) is 14.0. The van der Waals surface area contributed by atoms with Crippen LogP contribution in [0.15, 0.2) is 65.0 Å². The van der Waals surface area contributed by atoms with Crippen LogP contribution in [0.2, 0.25) is 5.02 Å². The molecule has 0 spiro atoms. The number of amides is 1. The number of carbonyl (C=O) groups excluding carboxylic acids is 1. The van der Waals surface area contributed by atoms with Crippen molar-refractivity contribution >= 4 is 45.7 Å². The number of hydrogen-bond donors (Lipinski definition) is 1. The maximum atomic E-state index is 12.6. The number of para-hydroxylation sites is 1. The molecular weight excluding hydrogens is 404 g/mol. The SMILES string of the molecule is CC(C)CCOc1ccccc1C=Nc1sccc1C(=O)Nc1ccc(Cl)cc1. The van der Waals surface area contributed by atoms with E-state index < -0.39 is 0 Å². The van der Waals surface area contributed by atoms with Gasteiger partial charge >= 0.3 is 0 Å². The summed E-state index contributed by atoms with van der Waals surface area (Å²) in [6, 6.07) is 16.5. The first kappa shape index (κ1) is 21.1. The molecule has 0 unspecified atom stereocenters. The molecule has 4 nitrogen and oxygen atoms in total. The molecule has 0 bridgehead atoms. The highest BCUT2D eigenvalue weighted by atomic mass is 35.5. The third kappa shape index (κ3) is 6.17. The average Bonchev–Trinajstić information content (AvgIpc) is 3.17. The minimum atomic E-state index is -0.206.